The Morgan fingerprint density at radius 2 is 1.94 bits per heavy atom. The van der Waals surface area contributed by atoms with Crippen molar-refractivity contribution in [2.45, 2.75) is 27.7 Å². The monoisotopic (exact) mass is 250 g/mol. The van der Waals surface area contributed by atoms with Crippen molar-refractivity contribution < 1.29 is 9.18 Å². The van der Waals surface area contributed by atoms with Crippen molar-refractivity contribution in [3.8, 4) is 0 Å². The molecule has 98 valence electrons. The first kappa shape index (κ1) is 13.0. The van der Waals surface area contributed by atoms with Crippen molar-refractivity contribution in [1.29, 1.82) is 0 Å². The van der Waals surface area contributed by atoms with E-state index in [0.29, 0.717) is 12.5 Å². The van der Waals surface area contributed by atoms with Gasteiger partial charge in [-0.25, -0.2) is 4.98 Å². The van der Waals surface area contributed by atoms with E-state index in [9.17, 15) is 9.18 Å². The molecule has 1 fully saturated rings. The van der Waals surface area contributed by atoms with Crippen molar-refractivity contribution in [1.82, 2.24) is 10.3 Å². The molecule has 2 rings (SSSR count). The summed E-state index contributed by atoms with van der Waals surface area (Å²) in [5.41, 5.74) is 0.594. The molecule has 0 atom stereocenters. The zero-order chi connectivity index (χ0) is 13.6. The third-order valence-corrected chi connectivity index (χ3v) is 4.73. The number of nitrogens with one attached hydrogen (secondary N) is 1. The van der Waals surface area contributed by atoms with Gasteiger partial charge in [-0.05, 0) is 28.9 Å². The molecule has 0 unspecified atom stereocenters. The molecule has 1 saturated carbocycles. The molecule has 1 N–H and O–H groups in total. The Balaban J connectivity index is 1.95. The van der Waals surface area contributed by atoms with Crippen LogP contribution >= 0.6 is 0 Å². The van der Waals surface area contributed by atoms with Gasteiger partial charge in [-0.3, -0.25) is 4.79 Å². The maximum absolute atomic E-state index is 12.9. The maximum Gasteiger partial charge on any atom is 0.270 e. The number of pyridine rings is 1. The van der Waals surface area contributed by atoms with Crippen LogP contribution in [0.2, 0.25) is 0 Å². The second-order valence-electron chi connectivity index (χ2n) is 6.05. The highest BCUT2D eigenvalue weighted by atomic mass is 19.1. The number of amides is 1. The predicted octanol–water partition coefficient (Wildman–Crippen LogP) is 2.63. The fourth-order valence-electron chi connectivity index (χ4n) is 2.66. The van der Waals surface area contributed by atoms with Gasteiger partial charge in [0.25, 0.3) is 5.91 Å². The molecule has 4 heteroatoms. The van der Waals surface area contributed by atoms with Gasteiger partial charge in [0.15, 0.2) is 0 Å². The Morgan fingerprint density at radius 3 is 2.44 bits per heavy atom. The predicted molar refractivity (Wildman–Crippen MR) is 67.6 cm³/mol. The van der Waals surface area contributed by atoms with Crippen LogP contribution in [0.3, 0.4) is 0 Å². The zero-order valence-electron chi connectivity index (χ0n) is 11.2. The summed E-state index contributed by atoms with van der Waals surface area (Å²) in [5, 5.41) is 2.83. The molecule has 0 aliphatic heterocycles. The minimum Gasteiger partial charge on any atom is -0.350 e. The Bertz CT molecular complexity index is 468. The van der Waals surface area contributed by atoms with Crippen LogP contribution in [-0.4, -0.2) is 17.4 Å². The largest absolute Gasteiger partial charge is 0.350 e. The molecule has 0 radical (unpaired) electrons. The summed E-state index contributed by atoms with van der Waals surface area (Å²) in [7, 11) is 0. The van der Waals surface area contributed by atoms with Gasteiger partial charge in [0.2, 0.25) is 5.95 Å². The number of aromatic nitrogens is 1. The van der Waals surface area contributed by atoms with Crippen molar-refractivity contribution in [3.05, 3.63) is 29.8 Å². The van der Waals surface area contributed by atoms with E-state index in [1.165, 1.54) is 18.2 Å². The number of rotatable bonds is 3. The number of carbonyl (C=O) groups is 1. The van der Waals surface area contributed by atoms with Gasteiger partial charge in [0, 0.05) is 6.54 Å². The smallest absolute Gasteiger partial charge is 0.270 e. The van der Waals surface area contributed by atoms with E-state index in [4.69, 9.17) is 0 Å². The second-order valence-corrected chi connectivity index (χ2v) is 6.05. The molecule has 0 saturated heterocycles. The third kappa shape index (κ3) is 2.00. The lowest BCUT2D eigenvalue weighted by atomic mass is 10.0. The van der Waals surface area contributed by atoms with Crippen LogP contribution in [0.15, 0.2) is 18.2 Å². The van der Waals surface area contributed by atoms with Gasteiger partial charge in [0.1, 0.15) is 5.69 Å². The summed E-state index contributed by atoms with van der Waals surface area (Å²) in [6.45, 7) is 9.40. The van der Waals surface area contributed by atoms with E-state index in [-0.39, 0.29) is 22.4 Å². The standard InChI is InChI=1S/C14H19FN2O/c1-13(2)10(14(13,3)4)8-16-12(18)9-6-5-7-11(15)17-9/h5-7,10H,8H2,1-4H3,(H,16,18). The highest BCUT2D eigenvalue weighted by molar-refractivity contribution is 5.92. The van der Waals surface area contributed by atoms with Crippen LogP contribution in [0.1, 0.15) is 38.2 Å². The van der Waals surface area contributed by atoms with Gasteiger partial charge < -0.3 is 5.32 Å². The zero-order valence-corrected chi connectivity index (χ0v) is 11.2. The maximum atomic E-state index is 12.9. The fraction of sp³-hybridized carbons (Fsp3) is 0.571. The number of hydrogen-bond donors (Lipinski definition) is 1. The van der Waals surface area contributed by atoms with Crippen molar-refractivity contribution in [2.24, 2.45) is 16.7 Å². The summed E-state index contributed by atoms with van der Waals surface area (Å²) < 4.78 is 12.9. The first-order valence-corrected chi connectivity index (χ1v) is 6.17. The Morgan fingerprint density at radius 1 is 1.33 bits per heavy atom. The summed E-state index contributed by atoms with van der Waals surface area (Å²) in [4.78, 5) is 15.4. The average molecular weight is 250 g/mol. The molecule has 1 heterocycles. The van der Waals surface area contributed by atoms with Crippen LogP contribution in [0.5, 0.6) is 0 Å². The van der Waals surface area contributed by atoms with Gasteiger partial charge in [0.05, 0.1) is 0 Å². The van der Waals surface area contributed by atoms with Crippen LogP contribution in [0.4, 0.5) is 4.39 Å². The fourth-order valence-corrected chi connectivity index (χ4v) is 2.66. The van der Waals surface area contributed by atoms with E-state index >= 15 is 0 Å². The van der Waals surface area contributed by atoms with E-state index in [1.54, 1.807) is 0 Å². The highest BCUT2D eigenvalue weighted by Gasteiger charge is 2.64. The topological polar surface area (TPSA) is 42.0 Å². The second kappa shape index (κ2) is 4.04. The average Bonchev–Trinajstić information content (AvgIpc) is 2.66. The lowest BCUT2D eigenvalue weighted by Gasteiger charge is -2.05. The van der Waals surface area contributed by atoms with E-state index in [1.807, 2.05) is 0 Å². The molecule has 1 aliphatic carbocycles. The summed E-state index contributed by atoms with van der Waals surface area (Å²) in [6, 6.07) is 4.23. The number of nitrogens with zero attached hydrogens (tertiary/aromatic N) is 1. The first-order chi connectivity index (χ1) is 8.26. The minimum atomic E-state index is -0.630. The quantitative estimate of drug-likeness (QED) is 0.838. The molecule has 18 heavy (non-hydrogen) atoms. The normalized spacial score (nSPS) is 20.5. The number of carbonyl (C=O) groups excluding carboxylic acids is 1. The van der Waals surface area contributed by atoms with Crippen molar-refractivity contribution in [2.75, 3.05) is 6.54 Å². The number of halogens is 1. The van der Waals surface area contributed by atoms with E-state index in [0.717, 1.165) is 0 Å². The molecule has 3 nitrogen and oxygen atoms in total. The van der Waals surface area contributed by atoms with Crippen LogP contribution < -0.4 is 5.32 Å². The molecule has 0 spiro atoms. The van der Waals surface area contributed by atoms with Gasteiger partial charge in [-0.2, -0.15) is 4.39 Å². The van der Waals surface area contributed by atoms with Gasteiger partial charge >= 0.3 is 0 Å². The number of hydrogen-bond acceptors (Lipinski definition) is 2. The summed E-state index contributed by atoms with van der Waals surface area (Å²) in [5.74, 6) is -0.495. The minimum absolute atomic E-state index is 0.131. The van der Waals surface area contributed by atoms with Crippen LogP contribution in [-0.2, 0) is 0 Å². The molecule has 1 amide bonds. The third-order valence-electron chi connectivity index (χ3n) is 4.73. The van der Waals surface area contributed by atoms with Crippen molar-refractivity contribution >= 4 is 5.91 Å². The molecule has 1 aromatic heterocycles. The molecular formula is C14H19FN2O. The van der Waals surface area contributed by atoms with E-state index < -0.39 is 5.95 Å². The lowest BCUT2D eigenvalue weighted by Crippen LogP contribution is -2.28. The molecule has 1 aliphatic rings. The molecular weight excluding hydrogens is 231 g/mol. The molecule has 1 aromatic rings. The highest BCUT2D eigenvalue weighted by Crippen LogP contribution is 2.67. The molecule has 0 bridgehead atoms. The van der Waals surface area contributed by atoms with Gasteiger partial charge in [-0.1, -0.05) is 33.8 Å². The Kier molecular flexibility index (Phi) is 2.92. The van der Waals surface area contributed by atoms with E-state index in [2.05, 4.69) is 38.0 Å². The Hall–Kier alpha value is -1.45. The van der Waals surface area contributed by atoms with Crippen LogP contribution in [0.25, 0.3) is 0 Å². The van der Waals surface area contributed by atoms with Gasteiger partial charge in [-0.15, -0.1) is 0 Å². The molecule has 0 aromatic carbocycles. The Labute approximate surface area is 107 Å². The van der Waals surface area contributed by atoms with Crippen molar-refractivity contribution in [3.63, 3.8) is 0 Å². The van der Waals surface area contributed by atoms with Crippen LogP contribution in [0, 0.1) is 22.7 Å². The first-order valence-electron chi connectivity index (χ1n) is 6.17. The summed E-state index contributed by atoms with van der Waals surface area (Å²) in [6.07, 6.45) is 0. The lowest BCUT2D eigenvalue weighted by molar-refractivity contribution is 0.0943. The summed E-state index contributed by atoms with van der Waals surface area (Å²) >= 11 is 0. The SMILES string of the molecule is CC1(C)C(CNC(=O)c2cccc(F)n2)C1(C)C.